The van der Waals surface area contributed by atoms with Crippen LogP contribution in [0.1, 0.15) is 25.8 Å². The lowest BCUT2D eigenvalue weighted by atomic mass is 9.89. The normalized spacial score (nSPS) is 30.2. The molecule has 1 fully saturated rings. The van der Waals surface area contributed by atoms with Gasteiger partial charge in [-0.3, -0.25) is 0 Å². The lowest BCUT2D eigenvalue weighted by molar-refractivity contribution is -0.224. The Bertz CT molecular complexity index is 313. The van der Waals surface area contributed by atoms with Gasteiger partial charge in [0.1, 0.15) is 0 Å². The van der Waals surface area contributed by atoms with Crippen molar-refractivity contribution < 1.29 is 9.47 Å². The Labute approximate surface area is 97.6 Å². The third-order valence-electron chi connectivity index (χ3n) is 3.33. The van der Waals surface area contributed by atoms with Crippen LogP contribution >= 0.6 is 0 Å². The highest BCUT2D eigenvalue weighted by molar-refractivity contribution is 5.15. The van der Waals surface area contributed by atoms with E-state index in [0.717, 1.165) is 26.1 Å². The van der Waals surface area contributed by atoms with Crippen molar-refractivity contribution in [2.24, 2.45) is 5.41 Å². The summed E-state index contributed by atoms with van der Waals surface area (Å²) in [5.74, 6) is 0. The SMILES string of the molecule is CCC1(C)COC(Cc2ccccc2)OC1. The Kier molecular flexibility index (Phi) is 3.62. The maximum atomic E-state index is 5.77. The lowest BCUT2D eigenvalue weighted by Gasteiger charge is -2.36. The second-order valence-corrected chi connectivity index (χ2v) is 4.91. The van der Waals surface area contributed by atoms with Gasteiger partial charge in [0.2, 0.25) is 0 Å². The van der Waals surface area contributed by atoms with Crippen LogP contribution in [0.25, 0.3) is 0 Å². The fourth-order valence-corrected chi connectivity index (χ4v) is 1.81. The molecule has 0 bridgehead atoms. The minimum absolute atomic E-state index is 0.0676. The molecule has 0 aromatic heterocycles. The van der Waals surface area contributed by atoms with E-state index in [1.54, 1.807) is 0 Å². The molecule has 1 aromatic carbocycles. The van der Waals surface area contributed by atoms with Gasteiger partial charge in [0.25, 0.3) is 0 Å². The van der Waals surface area contributed by atoms with Crippen LogP contribution < -0.4 is 0 Å². The first-order valence-electron chi connectivity index (χ1n) is 5.99. The highest BCUT2D eigenvalue weighted by atomic mass is 16.7. The van der Waals surface area contributed by atoms with Gasteiger partial charge < -0.3 is 9.47 Å². The average Bonchev–Trinajstić information content (AvgIpc) is 2.34. The summed E-state index contributed by atoms with van der Waals surface area (Å²) in [7, 11) is 0. The highest BCUT2D eigenvalue weighted by Gasteiger charge is 2.30. The molecule has 1 aliphatic rings. The van der Waals surface area contributed by atoms with Gasteiger partial charge in [0.05, 0.1) is 13.2 Å². The van der Waals surface area contributed by atoms with Crippen LogP contribution in [0.3, 0.4) is 0 Å². The zero-order valence-corrected chi connectivity index (χ0v) is 10.1. The Morgan fingerprint density at radius 2 is 1.81 bits per heavy atom. The molecule has 16 heavy (non-hydrogen) atoms. The van der Waals surface area contributed by atoms with Crippen molar-refractivity contribution in [2.45, 2.75) is 33.0 Å². The van der Waals surface area contributed by atoms with Gasteiger partial charge in [0.15, 0.2) is 6.29 Å². The Balaban J connectivity index is 1.86. The van der Waals surface area contributed by atoms with E-state index < -0.39 is 0 Å². The van der Waals surface area contributed by atoms with Gasteiger partial charge in [0, 0.05) is 11.8 Å². The van der Waals surface area contributed by atoms with Crippen LogP contribution in [-0.2, 0) is 15.9 Å². The van der Waals surface area contributed by atoms with E-state index in [1.807, 2.05) is 18.2 Å². The third kappa shape index (κ3) is 2.83. The van der Waals surface area contributed by atoms with Crippen molar-refractivity contribution >= 4 is 0 Å². The molecule has 0 spiro atoms. The van der Waals surface area contributed by atoms with Gasteiger partial charge >= 0.3 is 0 Å². The molecule has 0 radical (unpaired) electrons. The van der Waals surface area contributed by atoms with Crippen LogP contribution in [0.5, 0.6) is 0 Å². The molecule has 0 amide bonds. The predicted molar refractivity (Wildman–Crippen MR) is 64.2 cm³/mol. The molecule has 88 valence electrons. The van der Waals surface area contributed by atoms with Gasteiger partial charge in [-0.15, -0.1) is 0 Å². The number of benzene rings is 1. The molecular weight excluding hydrogens is 200 g/mol. The van der Waals surface area contributed by atoms with Crippen molar-refractivity contribution in [1.82, 2.24) is 0 Å². The van der Waals surface area contributed by atoms with Gasteiger partial charge in [-0.1, -0.05) is 44.2 Å². The summed E-state index contributed by atoms with van der Waals surface area (Å²) in [6, 6.07) is 10.4. The molecular formula is C14H20O2. The number of ether oxygens (including phenoxy) is 2. The van der Waals surface area contributed by atoms with Crippen molar-refractivity contribution in [3.63, 3.8) is 0 Å². The van der Waals surface area contributed by atoms with Crippen molar-refractivity contribution in [2.75, 3.05) is 13.2 Å². The second kappa shape index (κ2) is 4.98. The number of rotatable bonds is 3. The molecule has 2 rings (SSSR count). The van der Waals surface area contributed by atoms with E-state index >= 15 is 0 Å². The van der Waals surface area contributed by atoms with E-state index in [-0.39, 0.29) is 11.7 Å². The smallest absolute Gasteiger partial charge is 0.161 e. The van der Waals surface area contributed by atoms with Crippen LogP contribution in [0.4, 0.5) is 0 Å². The topological polar surface area (TPSA) is 18.5 Å². The lowest BCUT2D eigenvalue weighted by Crippen LogP contribution is -2.40. The predicted octanol–water partition coefficient (Wildman–Crippen LogP) is 3.02. The minimum atomic E-state index is -0.0676. The van der Waals surface area contributed by atoms with Gasteiger partial charge in [-0.25, -0.2) is 0 Å². The van der Waals surface area contributed by atoms with Gasteiger partial charge in [-0.2, -0.15) is 0 Å². The summed E-state index contributed by atoms with van der Waals surface area (Å²) in [6.07, 6.45) is 1.88. The standard InChI is InChI=1S/C14H20O2/c1-3-14(2)10-15-13(16-11-14)9-12-7-5-4-6-8-12/h4-8,13H,3,9-11H2,1-2H3. The van der Waals surface area contributed by atoms with E-state index in [9.17, 15) is 0 Å². The van der Waals surface area contributed by atoms with E-state index in [1.165, 1.54) is 5.56 Å². The summed E-state index contributed by atoms with van der Waals surface area (Å²) in [5.41, 5.74) is 1.47. The average molecular weight is 220 g/mol. The third-order valence-corrected chi connectivity index (χ3v) is 3.33. The highest BCUT2D eigenvalue weighted by Crippen LogP contribution is 2.28. The maximum Gasteiger partial charge on any atom is 0.161 e. The van der Waals surface area contributed by atoms with E-state index in [4.69, 9.17) is 9.47 Å². The molecule has 1 aliphatic heterocycles. The van der Waals surface area contributed by atoms with Crippen molar-refractivity contribution in [3.05, 3.63) is 35.9 Å². The molecule has 1 aromatic rings. The molecule has 0 aliphatic carbocycles. The van der Waals surface area contributed by atoms with Crippen molar-refractivity contribution in [3.8, 4) is 0 Å². The molecule has 0 unspecified atom stereocenters. The largest absolute Gasteiger partial charge is 0.352 e. The van der Waals surface area contributed by atoms with Crippen LogP contribution in [-0.4, -0.2) is 19.5 Å². The fourth-order valence-electron chi connectivity index (χ4n) is 1.81. The van der Waals surface area contributed by atoms with Crippen LogP contribution in [0.2, 0.25) is 0 Å². The van der Waals surface area contributed by atoms with Crippen LogP contribution in [0.15, 0.2) is 30.3 Å². The summed E-state index contributed by atoms with van der Waals surface area (Å²) in [6.45, 7) is 6.01. The van der Waals surface area contributed by atoms with Gasteiger partial charge in [-0.05, 0) is 12.0 Å². The maximum absolute atomic E-state index is 5.77. The Morgan fingerprint density at radius 3 is 2.38 bits per heavy atom. The molecule has 1 saturated heterocycles. The Hall–Kier alpha value is -0.860. The first-order chi connectivity index (χ1) is 7.72. The van der Waals surface area contributed by atoms with E-state index in [0.29, 0.717) is 0 Å². The molecule has 1 heterocycles. The zero-order valence-electron chi connectivity index (χ0n) is 10.1. The monoisotopic (exact) mass is 220 g/mol. The molecule has 2 heteroatoms. The summed E-state index contributed by atoms with van der Waals surface area (Å²) < 4.78 is 11.5. The Morgan fingerprint density at radius 1 is 1.19 bits per heavy atom. The quantitative estimate of drug-likeness (QED) is 0.779. The van der Waals surface area contributed by atoms with E-state index in [2.05, 4.69) is 26.0 Å². The number of hydrogen-bond acceptors (Lipinski definition) is 2. The minimum Gasteiger partial charge on any atom is -0.352 e. The summed E-state index contributed by atoms with van der Waals surface area (Å²) >= 11 is 0. The first kappa shape index (κ1) is 11.6. The fraction of sp³-hybridized carbons (Fsp3) is 0.571. The number of hydrogen-bond donors (Lipinski definition) is 0. The van der Waals surface area contributed by atoms with Crippen molar-refractivity contribution in [1.29, 1.82) is 0 Å². The molecule has 0 saturated carbocycles. The molecule has 0 atom stereocenters. The summed E-state index contributed by atoms with van der Waals surface area (Å²) in [5, 5.41) is 0. The zero-order chi connectivity index (χ0) is 11.4. The summed E-state index contributed by atoms with van der Waals surface area (Å²) in [4.78, 5) is 0. The van der Waals surface area contributed by atoms with Crippen LogP contribution in [0, 0.1) is 5.41 Å². The molecule has 0 N–H and O–H groups in total. The first-order valence-corrected chi connectivity index (χ1v) is 5.99. The molecule has 2 nitrogen and oxygen atoms in total. The second-order valence-electron chi connectivity index (χ2n) is 4.91.